The Kier molecular flexibility index (Phi) is 5.18. The number of carboxylic acids is 1. The molecule has 0 aliphatic rings. The van der Waals surface area contributed by atoms with Gasteiger partial charge in [-0.15, -0.1) is 0 Å². The highest BCUT2D eigenvalue weighted by Gasteiger charge is 2.18. The van der Waals surface area contributed by atoms with E-state index in [1.807, 2.05) is 19.1 Å². The Hall–Kier alpha value is -2.89. The molecule has 1 amide bonds. The summed E-state index contributed by atoms with van der Waals surface area (Å²) in [5, 5.41) is 11.2. The molecule has 6 heteroatoms. The van der Waals surface area contributed by atoms with E-state index in [2.05, 4.69) is 5.32 Å². The number of carbonyl (C=O) groups is 3. The van der Waals surface area contributed by atoms with E-state index >= 15 is 0 Å². The van der Waals surface area contributed by atoms with Crippen molar-refractivity contribution >= 4 is 17.7 Å². The quantitative estimate of drug-likeness (QED) is 0.790. The number of aliphatic carboxylic acids is 1. The number of amides is 1. The summed E-state index contributed by atoms with van der Waals surface area (Å²) in [4.78, 5) is 35.2. The maximum absolute atomic E-state index is 12.5. The van der Waals surface area contributed by atoms with Gasteiger partial charge in [-0.2, -0.15) is 0 Å². The molecule has 126 valence electrons. The molecule has 0 aliphatic carbocycles. The lowest BCUT2D eigenvalue weighted by Crippen LogP contribution is -2.39. The zero-order chi connectivity index (χ0) is 17.9. The summed E-state index contributed by atoms with van der Waals surface area (Å²) in [7, 11) is 1.71. The van der Waals surface area contributed by atoms with Crippen molar-refractivity contribution < 1.29 is 19.5 Å². The molecule has 0 aliphatic heterocycles. The van der Waals surface area contributed by atoms with E-state index in [4.69, 9.17) is 5.11 Å². The Bertz CT molecular complexity index is 775. The first-order chi connectivity index (χ1) is 11.3. The first-order valence-corrected chi connectivity index (χ1v) is 7.57. The minimum atomic E-state index is -1.09. The van der Waals surface area contributed by atoms with Gasteiger partial charge in [0.15, 0.2) is 0 Å². The van der Waals surface area contributed by atoms with Gasteiger partial charge in [0.1, 0.15) is 6.04 Å². The minimum Gasteiger partial charge on any atom is -0.480 e. The smallest absolute Gasteiger partial charge is 0.325 e. The van der Waals surface area contributed by atoms with Crippen molar-refractivity contribution in [1.29, 1.82) is 0 Å². The summed E-state index contributed by atoms with van der Waals surface area (Å²) in [6.07, 6.45) is 0.00922. The number of nitrogens with one attached hydrogen (secondary N) is 1. The predicted molar refractivity (Wildman–Crippen MR) is 89.0 cm³/mol. The first-order valence-electron chi connectivity index (χ1n) is 7.57. The largest absolute Gasteiger partial charge is 0.480 e. The van der Waals surface area contributed by atoms with E-state index < -0.39 is 17.9 Å². The second-order valence-electron chi connectivity index (χ2n) is 5.77. The van der Waals surface area contributed by atoms with Gasteiger partial charge < -0.3 is 15.0 Å². The number of ketones is 1. The van der Waals surface area contributed by atoms with Crippen molar-refractivity contribution in [2.24, 2.45) is 7.05 Å². The van der Waals surface area contributed by atoms with Crippen LogP contribution in [0.2, 0.25) is 0 Å². The molecular weight excluding hydrogens is 308 g/mol. The number of aryl methyl sites for hydroxylation is 1. The summed E-state index contributed by atoms with van der Waals surface area (Å²) in [5.74, 6) is -1.62. The third-order valence-electron chi connectivity index (χ3n) is 3.86. The van der Waals surface area contributed by atoms with E-state index in [1.165, 1.54) is 6.92 Å². The van der Waals surface area contributed by atoms with E-state index in [1.54, 1.807) is 35.9 Å². The van der Waals surface area contributed by atoms with Gasteiger partial charge in [0.2, 0.25) is 11.7 Å². The van der Waals surface area contributed by atoms with E-state index in [0.29, 0.717) is 17.0 Å². The van der Waals surface area contributed by atoms with Crippen molar-refractivity contribution in [3.05, 3.63) is 58.9 Å². The summed E-state index contributed by atoms with van der Waals surface area (Å²) >= 11 is 0. The third-order valence-corrected chi connectivity index (χ3v) is 3.86. The molecule has 6 nitrogen and oxygen atoms in total. The monoisotopic (exact) mass is 328 g/mol. The molecule has 1 atom stereocenters. The van der Waals surface area contributed by atoms with Crippen LogP contribution in [0, 0.1) is 6.92 Å². The Morgan fingerprint density at radius 3 is 2.33 bits per heavy atom. The van der Waals surface area contributed by atoms with Crippen molar-refractivity contribution in [3.63, 3.8) is 0 Å². The van der Waals surface area contributed by atoms with E-state index in [9.17, 15) is 14.4 Å². The highest BCUT2D eigenvalue weighted by atomic mass is 16.4. The molecule has 1 aromatic heterocycles. The van der Waals surface area contributed by atoms with Crippen LogP contribution in [0.5, 0.6) is 0 Å². The zero-order valence-electron chi connectivity index (χ0n) is 13.9. The fourth-order valence-corrected chi connectivity index (χ4v) is 2.33. The van der Waals surface area contributed by atoms with Crippen LogP contribution in [0.1, 0.15) is 34.2 Å². The zero-order valence-corrected chi connectivity index (χ0v) is 13.9. The van der Waals surface area contributed by atoms with Crippen molar-refractivity contribution in [2.75, 3.05) is 0 Å². The average molecular weight is 328 g/mol. The van der Waals surface area contributed by atoms with Crippen molar-refractivity contribution in [2.45, 2.75) is 26.3 Å². The molecule has 0 radical (unpaired) electrons. The Morgan fingerprint density at radius 1 is 1.12 bits per heavy atom. The second-order valence-corrected chi connectivity index (χ2v) is 5.77. The molecule has 0 unspecified atom stereocenters. The first kappa shape index (κ1) is 17.5. The van der Waals surface area contributed by atoms with Crippen LogP contribution < -0.4 is 5.32 Å². The van der Waals surface area contributed by atoms with Gasteiger partial charge in [0.25, 0.3) is 0 Å². The number of carbonyl (C=O) groups excluding carboxylic acids is 2. The molecule has 24 heavy (non-hydrogen) atoms. The lowest BCUT2D eigenvalue weighted by Gasteiger charge is -2.10. The van der Waals surface area contributed by atoms with Gasteiger partial charge in [-0.1, -0.05) is 29.8 Å². The van der Waals surface area contributed by atoms with Crippen LogP contribution in [0.25, 0.3) is 0 Å². The molecule has 0 saturated heterocycles. The minimum absolute atomic E-state index is 0.00922. The fourth-order valence-electron chi connectivity index (χ4n) is 2.33. The number of carboxylic acid groups (broad SMARTS) is 1. The topological polar surface area (TPSA) is 88.4 Å². The lowest BCUT2D eigenvalue weighted by atomic mass is 10.1. The maximum Gasteiger partial charge on any atom is 0.325 e. The molecule has 2 aromatic rings. The highest BCUT2D eigenvalue weighted by molar-refractivity contribution is 6.08. The van der Waals surface area contributed by atoms with Crippen LogP contribution in [0.3, 0.4) is 0 Å². The van der Waals surface area contributed by atoms with E-state index in [0.717, 1.165) is 5.56 Å². The number of rotatable bonds is 6. The summed E-state index contributed by atoms with van der Waals surface area (Å²) < 4.78 is 1.66. The SMILES string of the molecule is Cc1ccc(C(=O)c2ccc(CC(=O)N[C@@H](C)C(=O)O)n2C)cc1. The third kappa shape index (κ3) is 3.90. The summed E-state index contributed by atoms with van der Waals surface area (Å²) in [6, 6.07) is 9.71. The van der Waals surface area contributed by atoms with Crippen LogP contribution in [-0.4, -0.2) is 33.4 Å². The number of hydrogen-bond donors (Lipinski definition) is 2. The Labute approximate surface area is 140 Å². The maximum atomic E-state index is 12.5. The Morgan fingerprint density at radius 2 is 1.75 bits per heavy atom. The van der Waals surface area contributed by atoms with Gasteiger partial charge in [-0.3, -0.25) is 14.4 Å². The van der Waals surface area contributed by atoms with Gasteiger partial charge in [0, 0.05) is 18.3 Å². The lowest BCUT2D eigenvalue weighted by molar-refractivity contribution is -0.141. The molecular formula is C18H20N2O4. The Balaban J connectivity index is 2.13. The molecule has 0 bridgehead atoms. The summed E-state index contributed by atoms with van der Waals surface area (Å²) in [6.45, 7) is 3.35. The predicted octanol–water partition coefficient (Wildman–Crippen LogP) is 1.70. The summed E-state index contributed by atoms with van der Waals surface area (Å²) in [5.41, 5.74) is 2.77. The standard InChI is InChI=1S/C18H20N2O4/c1-11-4-6-13(7-5-11)17(22)15-9-8-14(20(15)3)10-16(21)19-12(2)18(23)24/h4-9,12H,10H2,1-3H3,(H,19,21)(H,23,24)/t12-/m0/s1. The van der Waals surface area contributed by atoms with Crippen molar-refractivity contribution in [1.82, 2.24) is 9.88 Å². The molecule has 0 fully saturated rings. The molecule has 2 N–H and O–H groups in total. The van der Waals surface area contributed by atoms with Gasteiger partial charge in [-0.05, 0) is 26.0 Å². The number of benzene rings is 1. The van der Waals surface area contributed by atoms with Crippen LogP contribution in [0.15, 0.2) is 36.4 Å². The number of hydrogen-bond acceptors (Lipinski definition) is 3. The molecule has 0 saturated carbocycles. The highest BCUT2D eigenvalue weighted by Crippen LogP contribution is 2.14. The average Bonchev–Trinajstić information content (AvgIpc) is 2.88. The van der Waals surface area contributed by atoms with Crippen LogP contribution >= 0.6 is 0 Å². The second kappa shape index (κ2) is 7.12. The fraction of sp³-hybridized carbons (Fsp3) is 0.278. The van der Waals surface area contributed by atoms with Crippen LogP contribution in [-0.2, 0) is 23.1 Å². The molecule has 0 spiro atoms. The molecule has 1 heterocycles. The normalized spacial score (nSPS) is 11.8. The van der Waals surface area contributed by atoms with E-state index in [-0.39, 0.29) is 12.2 Å². The van der Waals surface area contributed by atoms with Gasteiger partial charge in [0.05, 0.1) is 12.1 Å². The van der Waals surface area contributed by atoms with Gasteiger partial charge >= 0.3 is 5.97 Å². The van der Waals surface area contributed by atoms with Crippen LogP contribution in [0.4, 0.5) is 0 Å². The van der Waals surface area contributed by atoms with Crippen molar-refractivity contribution in [3.8, 4) is 0 Å². The molecule has 2 rings (SSSR count). The number of nitrogens with zero attached hydrogens (tertiary/aromatic N) is 1. The van der Waals surface area contributed by atoms with Gasteiger partial charge in [-0.25, -0.2) is 0 Å². The molecule has 1 aromatic carbocycles. The number of aromatic nitrogens is 1.